The van der Waals surface area contributed by atoms with Crippen molar-refractivity contribution in [1.82, 2.24) is 19.3 Å². The molecule has 1 unspecified atom stereocenters. The summed E-state index contributed by atoms with van der Waals surface area (Å²) < 4.78 is 3.62. The van der Waals surface area contributed by atoms with Crippen LogP contribution in [0, 0.1) is 0 Å². The predicted octanol–water partition coefficient (Wildman–Crippen LogP) is 2.33. The van der Waals surface area contributed by atoms with Gasteiger partial charge in [0.1, 0.15) is 6.04 Å². The smallest absolute Gasteiger partial charge is 0.248 e. The van der Waals surface area contributed by atoms with Gasteiger partial charge in [-0.15, -0.1) is 0 Å². The van der Waals surface area contributed by atoms with Crippen LogP contribution in [-0.4, -0.2) is 25.2 Å². The number of nitrogens with zero attached hydrogens (tertiary/aromatic N) is 4. The molecule has 1 atom stereocenters. The molecule has 112 valence electrons. The van der Waals surface area contributed by atoms with Crippen molar-refractivity contribution in [3.8, 4) is 0 Å². The van der Waals surface area contributed by atoms with Crippen LogP contribution >= 0.6 is 0 Å². The summed E-state index contributed by atoms with van der Waals surface area (Å²) in [6.45, 7) is 2.58. The van der Waals surface area contributed by atoms with Gasteiger partial charge in [-0.05, 0) is 30.7 Å². The van der Waals surface area contributed by atoms with E-state index in [9.17, 15) is 4.79 Å². The second-order valence-corrected chi connectivity index (χ2v) is 5.08. The Morgan fingerprint density at radius 3 is 2.68 bits per heavy atom. The monoisotopic (exact) mass is 295 g/mol. The molecular formula is C16H17N5O. The Morgan fingerprint density at radius 2 is 2.05 bits per heavy atom. The molecular weight excluding hydrogens is 278 g/mol. The number of aromatic nitrogens is 4. The van der Waals surface area contributed by atoms with E-state index in [0.29, 0.717) is 0 Å². The molecule has 1 N–H and O–H groups in total. The molecule has 2 heterocycles. The number of anilines is 1. The van der Waals surface area contributed by atoms with Gasteiger partial charge in [-0.2, -0.15) is 5.10 Å². The molecule has 0 aliphatic heterocycles. The summed E-state index contributed by atoms with van der Waals surface area (Å²) in [7, 11) is 0. The highest BCUT2D eigenvalue weighted by molar-refractivity contribution is 5.93. The van der Waals surface area contributed by atoms with E-state index in [4.69, 9.17) is 0 Å². The minimum absolute atomic E-state index is 0.0916. The molecule has 0 bridgehead atoms. The first kappa shape index (κ1) is 14.1. The zero-order valence-electron chi connectivity index (χ0n) is 12.3. The summed E-state index contributed by atoms with van der Waals surface area (Å²) in [5.74, 6) is -0.0916. The van der Waals surface area contributed by atoms with Crippen LogP contribution in [-0.2, 0) is 11.3 Å². The van der Waals surface area contributed by atoms with Crippen LogP contribution in [0.2, 0.25) is 0 Å². The van der Waals surface area contributed by atoms with E-state index in [1.165, 1.54) is 0 Å². The number of imidazole rings is 1. The third-order valence-electron chi connectivity index (χ3n) is 3.45. The maximum atomic E-state index is 12.2. The van der Waals surface area contributed by atoms with Crippen molar-refractivity contribution < 1.29 is 4.79 Å². The molecule has 0 aliphatic carbocycles. The summed E-state index contributed by atoms with van der Waals surface area (Å²) >= 11 is 0. The Bertz CT molecular complexity index is 717. The number of benzene rings is 1. The van der Waals surface area contributed by atoms with Crippen molar-refractivity contribution in [3.05, 3.63) is 67.0 Å². The number of amides is 1. The van der Waals surface area contributed by atoms with Gasteiger partial charge in [0.2, 0.25) is 5.91 Å². The van der Waals surface area contributed by atoms with Crippen molar-refractivity contribution >= 4 is 11.6 Å². The number of rotatable bonds is 5. The first-order valence-corrected chi connectivity index (χ1v) is 7.07. The summed E-state index contributed by atoms with van der Waals surface area (Å²) in [5, 5.41) is 6.98. The minimum Gasteiger partial charge on any atom is -0.333 e. The lowest BCUT2D eigenvalue weighted by Gasteiger charge is -2.13. The third-order valence-corrected chi connectivity index (χ3v) is 3.45. The van der Waals surface area contributed by atoms with Crippen molar-refractivity contribution in [1.29, 1.82) is 0 Å². The van der Waals surface area contributed by atoms with Crippen LogP contribution in [0.5, 0.6) is 0 Å². The third kappa shape index (κ3) is 3.22. The Kier molecular flexibility index (Phi) is 4.00. The van der Waals surface area contributed by atoms with Gasteiger partial charge >= 0.3 is 0 Å². The Balaban J connectivity index is 1.62. The lowest BCUT2D eigenvalue weighted by molar-refractivity contribution is -0.119. The van der Waals surface area contributed by atoms with Gasteiger partial charge in [0.15, 0.2) is 0 Å². The highest BCUT2D eigenvalue weighted by Crippen LogP contribution is 2.13. The van der Waals surface area contributed by atoms with Crippen LogP contribution in [0.1, 0.15) is 18.5 Å². The lowest BCUT2D eigenvalue weighted by Crippen LogP contribution is -2.23. The molecule has 1 amide bonds. The first-order valence-electron chi connectivity index (χ1n) is 7.07. The molecule has 0 spiro atoms. The highest BCUT2D eigenvalue weighted by atomic mass is 16.2. The molecule has 22 heavy (non-hydrogen) atoms. The molecule has 1 aromatic carbocycles. The fourth-order valence-electron chi connectivity index (χ4n) is 2.16. The largest absolute Gasteiger partial charge is 0.333 e. The number of nitrogens with one attached hydrogen (secondary N) is 1. The first-order chi connectivity index (χ1) is 10.7. The Morgan fingerprint density at radius 1 is 1.23 bits per heavy atom. The van der Waals surface area contributed by atoms with Crippen LogP contribution in [0.25, 0.3) is 0 Å². The van der Waals surface area contributed by atoms with Gasteiger partial charge in [0.25, 0.3) is 0 Å². The summed E-state index contributed by atoms with van der Waals surface area (Å²) in [6, 6.07) is 9.25. The van der Waals surface area contributed by atoms with Crippen molar-refractivity contribution in [3.63, 3.8) is 0 Å². The maximum Gasteiger partial charge on any atom is 0.248 e. The zero-order chi connectivity index (χ0) is 15.4. The van der Waals surface area contributed by atoms with Crippen molar-refractivity contribution in [2.75, 3.05) is 5.32 Å². The molecule has 6 heteroatoms. The summed E-state index contributed by atoms with van der Waals surface area (Å²) in [5.41, 5.74) is 1.93. The van der Waals surface area contributed by atoms with Crippen molar-refractivity contribution in [2.45, 2.75) is 19.5 Å². The van der Waals surface area contributed by atoms with Crippen LogP contribution in [0.3, 0.4) is 0 Å². The summed E-state index contributed by atoms with van der Waals surface area (Å²) in [6.07, 6.45) is 8.89. The highest BCUT2D eigenvalue weighted by Gasteiger charge is 2.14. The summed E-state index contributed by atoms with van der Waals surface area (Å²) in [4.78, 5) is 16.2. The average Bonchev–Trinajstić information content (AvgIpc) is 3.21. The van der Waals surface area contributed by atoms with E-state index < -0.39 is 0 Å². The van der Waals surface area contributed by atoms with E-state index in [0.717, 1.165) is 17.8 Å². The number of hydrogen-bond donors (Lipinski definition) is 1. The van der Waals surface area contributed by atoms with E-state index in [1.807, 2.05) is 42.0 Å². The van der Waals surface area contributed by atoms with E-state index in [1.54, 1.807) is 35.7 Å². The molecule has 0 saturated heterocycles. The topological polar surface area (TPSA) is 64.7 Å². The number of carbonyl (C=O) groups is 1. The fourth-order valence-corrected chi connectivity index (χ4v) is 2.16. The van der Waals surface area contributed by atoms with Gasteiger partial charge in [-0.3, -0.25) is 9.48 Å². The number of hydrogen-bond acceptors (Lipinski definition) is 3. The van der Waals surface area contributed by atoms with E-state index >= 15 is 0 Å². The van der Waals surface area contributed by atoms with Gasteiger partial charge in [0.05, 0.1) is 6.33 Å². The second kappa shape index (κ2) is 6.26. The van der Waals surface area contributed by atoms with Crippen LogP contribution < -0.4 is 5.32 Å². The standard InChI is InChI=1S/C16H17N5O/c1-13(21-9-2-7-18-21)16(22)19-15-5-3-14(4-6-15)11-20-10-8-17-12-20/h2-10,12-13H,11H2,1H3,(H,19,22). The van der Waals surface area contributed by atoms with Crippen LogP contribution in [0.4, 0.5) is 5.69 Å². The predicted molar refractivity (Wildman–Crippen MR) is 83.3 cm³/mol. The molecule has 0 saturated carbocycles. The fraction of sp³-hybridized carbons (Fsp3) is 0.188. The molecule has 0 fully saturated rings. The molecule has 6 nitrogen and oxygen atoms in total. The average molecular weight is 295 g/mol. The molecule has 0 aliphatic rings. The zero-order valence-corrected chi connectivity index (χ0v) is 12.3. The van der Waals surface area contributed by atoms with E-state index in [-0.39, 0.29) is 11.9 Å². The minimum atomic E-state index is -0.347. The maximum absolute atomic E-state index is 12.2. The number of carbonyl (C=O) groups excluding carboxylic acids is 1. The van der Waals surface area contributed by atoms with E-state index in [2.05, 4.69) is 15.4 Å². The lowest BCUT2D eigenvalue weighted by atomic mass is 10.2. The van der Waals surface area contributed by atoms with Gasteiger partial charge in [-0.1, -0.05) is 12.1 Å². The molecule has 3 rings (SSSR count). The quantitative estimate of drug-likeness (QED) is 0.785. The Hall–Kier alpha value is -2.89. The molecule has 3 aromatic rings. The van der Waals surface area contributed by atoms with Gasteiger partial charge in [0, 0.05) is 37.0 Å². The van der Waals surface area contributed by atoms with Gasteiger partial charge < -0.3 is 9.88 Å². The van der Waals surface area contributed by atoms with Crippen molar-refractivity contribution in [2.24, 2.45) is 0 Å². The second-order valence-electron chi connectivity index (χ2n) is 5.08. The Labute approximate surface area is 128 Å². The normalized spacial score (nSPS) is 12.0. The SMILES string of the molecule is CC(C(=O)Nc1ccc(Cn2ccnc2)cc1)n1cccn1. The molecule has 0 radical (unpaired) electrons. The van der Waals surface area contributed by atoms with Gasteiger partial charge in [-0.25, -0.2) is 4.98 Å². The molecule has 2 aromatic heterocycles. The van der Waals surface area contributed by atoms with Crippen LogP contribution in [0.15, 0.2) is 61.4 Å².